The number of anilines is 1. The maximum atomic E-state index is 13.7. The van der Waals surface area contributed by atoms with Crippen LogP contribution >= 0.6 is 0 Å². The molecule has 1 heterocycles. The summed E-state index contributed by atoms with van der Waals surface area (Å²) in [6.07, 6.45) is 1.23. The van der Waals surface area contributed by atoms with Crippen LogP contribution < -0.4 is 10.2 Å². The van der Waals surface area contributed by atoms with Gasteiger partial charge < -0.3 is 10.2 Å². The maximum absolute atomic E-state index is 13.7. The zero-order chi connectivity index (χ0) is 14.7. The van der Waals surface area contributed by atoms with Crippen LogP contribution in [0.4, 0.5) is 10.1 Å². The molecule has 1 saturated heterocycles. The van der Waals surface area contributed by atoms with Crippen molar-refractivity contribution >= 4 is 11.6 Å². The van der Waals surface area contributed by atoms with Crippen LogP contribution in [0, 0.1) is 24.6 Å². The van der Waals surface area contributed by atoms with E-state index in [4.69, 9.17) is 0 Å². The molecular formula is C16H24FN2O+. The third-order valence-corrected chi connectivity index (χ3v) is 3.89. The number of benzene rings is 1. The molecule has 1 aliphatic heterocycles. The Hall–Kier alpha value is -1.42. The minimum atomic E-state index is -0.367. The van der Waals surface area contributed by atoms with Gasteiger partial charge in [-0.25, -0.2) is 4.39 Å². The third-order valence-electron chi connectivity index (χ3n) is 3.89. The van der Waals surface area contributed by atoms with Crippen LogP contribution in [0.25, 0.3) is 0 Å². The van der Waals surface area contributed by atoms with Crippen LogP contribution in [0.1, 0.15) is 25.8 Å². The predicted octanol–water partition coefficient (Wildman–Crippen LogP) is 1.63. The molecule has 0 spiro atoms. The molecule has 0 aliphatic carbocycles. The van der Waals surface area contributed by atoms with Gasteiger partial charge in [0, 0.05) is 11.8 Å². The number of quaternary nitrogens is 1. The van der Waals surface area contributed by atoms with Crippen LogP contribution in [0.5, 0.6) is 0 Å². The number of amides is 1. The first-order chi connectivity index (χ1) is 9.44. The first-order valence-electron chi connectivity index (χ1n) is 7.33. The van der Waals surface area contributed by atoms with Gasteiger partial charge >= 0.3 is 0 Å². The molecule has 0 radical (unpaired) electrons. The molecule has 1 amide bonds. The fourth-order valence-electron chi connectivity index (χ4n) is 3.21. The summed E-state index contributed by atoms with van der Waals surface area (Å²) in [5, 5.41) is 2.68. The van der Waals surface area contributed by atoms with Gasteiger partial charge in [-0.2, -0.15) is 0 Å². The highest BCUT2D eigenvalue weighted by Crippen LogP contribution is 2.15. The summed E-state index contributed by atoms with van der Waals surface area (Å²) in [6, 6.07) is 4.86. The Bertz CT molecular complexity index is 479. The molecule has 0 saturated carbocycles. The number of hydrogen-bond donors (Lipinski definition) is 2. The topological polar surface area (TPSA) is 33.5 Å². The zero-order valence-electron chi connectivity index (χ0n) is 12.5. The first kappa shape index (κ1) is 15.0. The van der Waals surface area contributed by atoms with E-state index in [1.807, 2.05) is 6.92 Å². The average Bonchev–Trinajstić information content (AvgIpc) is 2.31. The highest BCUT2D eigenvalue weighted by Gasteiger charge is 2.26. The van der Waals surface area contributed by atoms with Crippen LogP contribution in [0.2, 0.25) is 0 Å². The summed E-state index contributed by atoms with van der Waals surface area (Å²) >= 11 is 0. The van der Waals surface area contributed by atoms with E-state index in [0.717, 1.165) is 18.7 Å². The molecule has 110 valence electrons. The summed E-state index contributed by atoms with van der Waals surface area (Å²) in [5.74, 6) is 0.827. The molecule has 1 aliphatic rings. The number of likely N-dealkylation sites (tertiary alicyclic amines) is 1. The van der Waals surface area contributed by atoms with Crippen LogP contribution in [-0.2, 0) is 4.79 Å². The van der Waals surface area contributed by atoms with E-state index >= 15 is 0 Å². The minimum absolute atomic E-state index is 0.107. The fourth-order valence-corrected chi connectivity index (χ4v) is 3.21. The van der Waals surface area contributed by atoms with Gasteiger partial charge in [0.25, 0.3) is 5.91 Å². The molecule has 1 aromatic rings. The van der Waals surface area contributed by atoms with Gasteiger partial charge in [0.2, 0.25) is 0 Å². The number of rotatable bonds is 3. The maximum Gasteiger partial charge on any atom is 0.279 e. The van der Waals surface area contributed by atoms with Crippen LogP contribution in [0.3, 0.4) is 0 Å². The molecule has 1 aromatic carbocycles. The zero-order valence-corrected chi connectivity index (χ0v) is 12.5. The molecule has 4 heteroatoms. The highest BCUT2D eigenvalue weighted by molar-refractivity contribution is 5.91. The van der Waals surface area contributed by atoms with Crippen LogP contribution in [-0.4, -0.2) is 25.5 Å². The molecular weight excluding hydrogens is 255 g/mol. The van der Waals surface area contributed by atoms with Crippen molar-refractivity contribution in [2.75, 3.05) is 25.0 Å². The van der Waals surface area contributed by atoms with Crippen molar-refractivity contribution in [2.45, 2.75) is 27.2 Å². The van der Waals surface area contributed by atoms with Crippen molar-refractivity contribution in [1.29, 1.82) is 0 Å². The second kappa shape index (κ2) is 6.35. The van der Waals surface area contributed by atoms with Gasteiger partial charge in [-0.15, -0.1) is 0 Å². The first-order valence-corrected chi connectivity index (χ1v) is 7.33. The van der Waals surface area contributed by atoms with Gasteiger partial charge in [-0.3, -0.25) is 4.79 Å². The van der Waals surface area contributed by atoms with Crippen molar-refractivity contribution in [3.63, 3.8) is 0 Å². The van der Waals surface area contributed by atoms with E-state index in [0.29, 0.717) is 18.4 Å². The molecule has 1 fully saturated rings. The van der Waals surface area contributed by atoms with Crippen molar-refractivity contribution in [2.24, 2.45) is 11.8 Å². The van der Waals surface area contributed by atoms with Gasteiger partial charge in [-0.05, 0) is 31.0 Å². The largest absolute Gasteiger partial charge is 0.327 e. The number of carbonyl (C=O) groups is 1. The molecule has 2 rings (SSSR count). The Balaban J connectivity index is 1.92. The van der Waals surface area contributed by atoms with E-state index in [9.17, 15) is 9.18 Å². The van der Waals surface area contributed by atoms with Crippen molar-refractivity contribution in [1.82, 2.24) is 0 Å². The normalized spacial score (nSPS) is 26.3. The van der Waals surface area contributed by atoms with E-state index in [-0.39, 0.29) is 17.4 Å². The van der Waals surface area contributed by atoms with Crippen LogP contribution in [0.15, 0.2) is 18.2 Å². The molecule has 0 unspecified atom stereocenters. The Morgan fingerprint density at radius 2 is 2.00 bits per heavy atom. The number of halogens is 1. The molecule has 0 bridgehead atoms. The average molecular weight is 279 g/mol. The number of piperidine rings is 1. The molecule has 3 nitrogen and oxygen atoms in total. The number of hydrogen-bond acceptors (Lipinski definition) is 1. The molecule has 0 aromatic heterocycles. The number of carbonyl (C=O) groups excluding carboxylic acids is 1. The lowest BCUT2D eigenvalue weighted by atomic mass is 9.92. The van der Waals surface area contributed by atoms with Gasteiger partial charge in [0.1, 0.15) is 5.82 Å². The smallest absolute Gasteiger partial charge is 0.279 e. The highest BCUT2D eigenvalue weighted by atomic mass is 19.1. The predicted molar refractivity (Wildman–Crippen MR) is 78.3 cm³/mol. The summed E-state index contributed by atoms with van der Waals surface area (Å²) in [4.78, 5) is 13.3. The SMILES string of the molecule is Cc1ccc(NC(=O)C[NH+]2C[C@H](C)C[C@@H](C)C2)c(F)c1. The minimum Gasteiger partial charge on any atom is -0.327 e. The summed E-state index contributed by atoms with van der Waals surface area (Å²) in [5.41, 5.74) is 1.13. The van der Waals surface area contributed by atoms with E-state index in [2.05, 4.69) is 19.2 Å². The van der Waals surface area contributed by atoms with E-state index in [1.165, 1.54) is 17.4 Å². The fraction of sp³-hybridized carbons (Fsp3) is 0.562. The van der Waals surface area contributed by atoms with Gasteiger partial charge in [0.15, 0.2) is 6.54 Å². The van der Waals surface area contributed by atoms with Gasteiger partial charge in [-0.1, -0.05) is 19.9 Å². The standard InChI is InChI=1S/C16H23FN2O/c1-11-4-5-15(14(17)7-11)18-16(20)10-19-8-12(2)6-13(3)9-19/h4-5,7,12-13H,6,8-10H2,1-3H3,(H,18,20)/p+1/t12-,13-/m1/s1. The van der Waals surface area contributed by atoms with Gasteiger partial charge in [0.05, 0.1) is 18.8 Å². The quantitative estimate of drug-likeness (QED) is 0.866. The Morgan fingerprint density at radius 1 is 1.35 bits per heavy atom. The Kier molecular flexibility index (Phi) is 4.76. The van der Waals surface area contributed by atoms with E-state index < -0.39 is 0 Å². The Morgan fingerprint density at radius 3 is 2.60 bits per heavy atom. The molecule has 2 N–H and O–H groups in total. The van der Waals surface area contributed by atoms with Crippen molar-refractivity contribution in [3.05, 3.63) is 29.6 Å². The molecule has 2 atom stereocenters. The van der Waals surface area contributed by atoms with Crippen molar-refractivity contribution in [3.8, 4) is 0 Å². The number of aryl methyl sites for hydroxylation is 1. The lowest BCUT2D eigenvalue weighted by molar-refractivity contribution is -0.904. The second-order valence-electron chi connectivity index (χ2n) is 6.31. The second-order valence-corrected chi connectivity index (χ2v) is 6.31. The van der Waals surface area contributed by atoms with Crippen molar-refractivity contribution < 1.29 is 14.1 Å². The lowest BCUT2D eigenvalue weighted by Gasteiger charge is -2.31. The Labute approximate surface area is 120 Å². The summed E-state index contributed by atoms with van der Waals surface area (Å²) in [7, 11) is 0. The third kappa shape index (κ3) is 4.04. The number of nitrogens with one attached hydrogen (secondary N) is 2. The summed E-state index contributed by atoms with van der Waals surface area (Å²) < 4.78 is 13.7. The lowest BCUT2D eigenvalue weighted by Crippen LogP contribution is -3.15. The molecule has 20 heavy (non-hydrogen) atoms. The van der Waals surface area contributed by atoms with E-state index in [1.54, 1.807) is 12.1 Å². The summed E-state index contributed by atoms with van der Waals surface area (Å²) in [6.45, 7) is 8.75. The monoisotopic (exact) mass is 279 g/mol.